The SMILES string of the molecule is CC(NC(=O)/C=C/c1cc2ccccc2o1)c1ccccc1. The van der Waals surface area contributed by atoms with Gasteiger partial charge in [0.05, 0.1) is 6.04 Å². The summed E-state index contributed by atoms with van der Waals surface area (Å²) in [5.41, 5.74) is 1.90. The van der Waals surface area contributed by atoms with E-state index in [0.717, 1.165) is 16.5 Å². The summed E-state index contributed by atoms with van der Waals surface area (Å²) >= 11 is 0. The minimum absolute atomic E-state index is 0.0333. The van der Waals surface area contributed by atoms with Crippen LogP contribution in [0.15, 0.2) is 71.2 Å². The molecule has 1 amide bonds. The fraction of sp³-hybridized carbons (Fsp3) is 0.105. The van der Waals surface area contributed by atoms with Gasteiger partial charge in [0, 0.05) is 11.5 Å². The molecule has 0 bridgehead atoms. The first kappa shape index (κ1) is 14.1. The van der Waals surface area contributed by atoms with Crippen LogP contribution < -0.4 is 5.32 Å². The fourth-order valence-electron chi connectivity index (χ4n) is 2.33. The molecule has 3 aromatic rings. The fourth-order valence-corrected chi connectivity index (χ4v) is 2.33. The van der Waals surface area contributed by atoms with Gasteiger partial charge in [0.15, 0.2) is 0 Å². The van der Waals surface area contributed by atoms with Crippen LogP contribution in [-0.2, 0) is 4.79 Å². The Bertz CT molecular complexity index is 769. The van der Waals surface area contributed by atoms with E-state index in [2.05, 4.69) is 5.32 Å². The van der Waals surface area contributed by atoms with E-state index < -0.39 is 0 Å². The number of hydrogen-bond donors (Lipinski definition) is 1. The number of fused-ring (bicyclic) bond motifs is 1. The zero-order valence-corrected chi connectivity index (χ0v) is 12.3. The first-order valence-corrected chi connectivity index (χ1v) is 7.24. The second-order valence-electron chi connectivity index (χ2n) is 5.16. The highest BCUT2D eigenvalue weighted by Crippen LogP contribution is 2.19. The molecule has 0 spiro atoms. The molecule has 0 fully saturated rings. The maximum atomic E-state index is 12.0. The highest BCUT2D eigenvalue weighted by molar-refractivity contribution is 5.92. The van der Waals surface area contributed by atoms with E-state index >= 15 is 0 Å². The Labute approximate surface area is 129 Å². The van der Waals surface area contributed by atoms with Crippen LogP contribution in [0, 0.1) is 0 Å². The molecule has 0 saturated carbocycles. The molecule has 1 unspecified atom stereocenters. The van der Waals surface area contributed by atoms with E-state index in [1.165, 1.54) is 6.08 Å². The van der Waals surface area contributed by atoms with E-state index in [0.29, 0.717) is 5.76 Å². The Kier molecular flexibility index (Phi) is 4.05. The van der Waals surface area contributed by atoms with Gasteiger partial charge in [-0.05, 0) is 30.7 Å². The second kappa shape index (κ2) is 6.31. The molecule has 0 aliphatic carbocycles. The Hall–Kier alpha value is -2.81. The second-order valence-corrected chi connectivity index (χ2v) is 5.16. The molecule has 3 nitrogen and oxygen atoms in total. The first-order chi connectivity index (χ1) is 10.7. The third-order valence-electron chi connectivity index (χ3n) is 3.50. The van der Waals surface area contributed by atoms with E-state index in [1.807, 2.05) is 67.6 Å². The monoisotopic (exact) mass is 291 g/mol. The van der Waals surface area contributed by atoms with Crippen LogP contribution in [0.4, 0.5) is 0 Å². The Morgan fingerprint density at radius 3 is 2.59 bits per heavy atom. The zero-order chi connectivity index (χ0) is 15.4. The molecular weight excluding hydrogens is 274 g/mol. The number of amides is 1. The number of hydrogen-bond acceptors (Lipinski definition) is 2. The molecule has 2 aromatic carbocycles. The first-order valence-electron chi connectivity index (χ1n) is 7.24. The molecule has 0 aliphatic heterocycles. The van der Waals surface area contributed by atoms with E-state index in [1.54, 1.807) is 6.08 Å². The standard InChI is InChI=1S/C19H17NO2/c1-14(15-7-3-2-4-8-15)20-19(21)12-11-17-13-16-9-5-6-10-18(16)22-17/h2-14H,1H3,(H,20,21)/b12-11+. The van der Waals surface area contributed by atoms with Gasteiger partial charge >= 0.3 is 0 Å². The maximum Gasteiger partial charge on any atom is 0.244 e. The van der Waals surface area contributed by atoms with Crippen LogP contribution in [0.3, 0.4) is 0 Å². The number of nitrogens with one attached hydrogen (secondary N) is 1. The maximum absolute atomic E-state index is 12.0. The summed E-state index contributed by atoms with van der Waals surface area (Å²) < 4.78 is 5.64. The molecule has 110 valence electrons. The molecule has 1 aromatic heterocycles. The highest BCUT2D eigenvalue weighted by Gasteiger charge is 2.07. The van der Waals surface area contributed by atoms with Gasteiger partial charge in [0.2, 0.25) is 5.91 Å². The van der Waals surface area contributed by atoms with Gasteiger partial charge in [-0.15, -0.1) is 0 Å². The Morgan fingerprint density at radius 1 is 1.09 bits per heavy atom. The van der Waals surface area contributed by atoms with Crippen molar-refractivity contribution in [1.29, 1.82) is 0 Å². The van der Waals surface area contributed by atoms with Crippen LogP contribution in [0.5, 0.6) is 0 Å². The number of furan rings is 1. The molecular formula is C19H17NO2. The van der Waals surface area contributed by atoms with E-state index in [4.69, 9.17) is 4.42 Å². The summed E-state index contributed by atoms with van der Waals surface area (Å²) in [6, 6.07) is 19.5. The Morgan fingerprint density at radius 2 is 1.82 bits per heavy atom. The predicted octanol–water partition coefficient (Wildman–Crippen LogP) is 4.32. The van der Waals surface area contributed by atoms with Crippen molar-refractivity contribution in [1.82, 2.24) is 5.32 Å². The van der Waals surface area contributed by atoms with Crippen molar-refractivity contribution in [2.24, 2.45) is 0 Å². The van der Waals surface area contributed by atoms with Gasteiger partial charge in [0.25, 0.3) is 0 Å². The van der Waals surface area contributed by atoms with Crippen LogP contribution in [0.25, 0.3) is 17.0 Å². The zero-order valence-electron chi connectivity index (χ0n) is 12.3. The van der Waals surface area contributed by atoms with Crippen LogP contribution in [0.1, 0.15) is 24.3 Å². The van der Waals surface area contributed by atoms with Crippen molar-refractivity contribution in [3.8, 4) is 0 Å². The minimum Gasteiger partial charge on any atom is -0.457 e. The lowest BCUT2D eigenvalue weighted by molar-refractivity contribution is -0.117. The number of benzene rings is 2. The topological polar surface area (TPSA) is 42.2 Å². The number of carbonyl (C=O) groups excluding carboxylic acids is 1. The smallest absolute Gasteiger partial charge is 0.244 e. The van der Waals surface area contributed by atoms with Crippen LogP contribution in [-0.4, -0.2) is 5.91 Å². The molecule has 0 radical (unpaired) electrons. The summed E-state index contributed by atoms with van der Waals surface area (Å²) in [6.45, 7) is 1.96. The predicted molar refractivity (Wildman–Crippen MR) is 88.2 cm³/mol. The number of rotatable bonds is 4. The lowest BCUT2D eigenvalue weighted by Gasteiger charge is -2.12. The summed E-state index contributed by atoms with van der Waals surface area (Å²) in [7, 11) is 0. The van der Waals surface area contributed by atoms with Gasteiger partial charge in [-0.25, -0.2) is 0 Å². The summed E-state index contributed by atoms with van der Waals surface area (Å²) in [4.78, 5) is 12.0. The van der Waals surface area contributed by atoms with Gasteiger partial charge < -0.3 is 9.73 Å². The van der Waals surface area contributed by atoms with Crippen LogP contribution >= 0.6 is 0 Å². The molecule has 0 aliphatic rings. The third kappa shape index (κ3) is 3.26. The summed E-state index contributed by atoms with van der Waals surface area (Å²) in [6.07, 6.45) is 3.18. The molecule has 22 heavy (non-hydrogen) atoms. The lowest BCUT2D eigenvalue weighted by Crippen LogP contribution is -2.24. The molecule has 1 heterocycles. The molecule has 3 heteroatoms. The molecule has 1 atom stereocenters. The Balaban J connectivity index is 1.66. The molecule has 3 rings (SSSR count). The third-order valence-corrected chi connectivity index (χ3v) is 3.50. The molecule has 1 N–H and O–H groups in total. The van der Waals surface area contributed by atoms with E-state index in [9.17, 15) is 4.79 Å². The van der Waals surface area contributed by atoms with Crippen molar-refractivity contribution in [2.75, 3.05) is 0 Å². The summed E-state index contributed by atoms with van der Waals surface area (Å²) in [5.74, 6) is 0.528. The van der Waals surface area contributed by atoms with Gasteiger partial charge in [0.1, 0.15) is 11.3 Å². The largest absolute Gasteiger partial charge is 0.457 e. The number of para-hydroxylation sites is 1. The van der Waals surface area contributed by atoms with Gasteiger partial charge in [-0.1, -0.05) is 48.5 Å². The van der Waals surface area contributed by atoms with Crippen molar-refractivity contribution in [3.63, 3.8) is 0 Å². The van der Waals surface area contributed by atoms with Gasteiger partial charge in [-0.2, -0.15) is 0 Å². The summed E-state index contributed by atoms with van der Waals surface area (Å²) in [5, 5.41) is 3.96. The average Bonchev–Trinajstić information content (AvgIpc) is 2.96. The minimum atomic E-state index is -0.142. The van der Waals surface area contributed by atoms with Gasteiger partial charge in [-0.3, -0.25) is 4.79 Å². The number of carbonyl (C=O) groups is 1. The van der Waals surface area contributed by atoms with Crippen molar-refractivity contribution >= 4 is 23.0 Å². The van der Waals surface area contributed by atoms with E-state index in [-0.39, 0.29) is 11.9 Å². The van der Waals surface area contributed by atoms with Crippen LogP contribution in [0.2, 0.25) is 0 Å². The highest BCUT2D eigenvalue weighted by atomic mass is 16.3. The van der Waals surface area contributed by atoms with Crippen molar-refractivity contribution in [3.05, 3.63) is 78.1 Å². The molecule has 0 saturated heterocycles. The van der Waals surface area contributed by atoms with Crippen molar-refractivity contribution < 1.29 is 9.21 Å². The quantitative estimate of drug-likeness (QED) is 0.727. The normalized spacial score (nSPS) is 12.6. The average molecular weight is 291 g/mol. The van der Waals surface area contributed by atoms with Crippen molar-refractivity contribution in [2.45, 2.75) is 13.0 Å². The lowest BCUT2D eigenvalue weighted by atomic mass is 10.1.